The highest BCUT2D eigenvalue weighted by atomic mass is 16.4. The van der Waals surface area contributed by atoms with Crippen LogP contribution in [-0.2, 0) is 25.6 Å². The first-order valence-corrected chi connectivity index (χ1v) is 11.4. The van der Waals surface area contributed by atoms with E-state index >= 15 is 0 Å². The summed E-state index contributed by atoms with van der Waals surface area (Å²) in [6.45, 7) is 5.22. The van der Waals surface area contributed by atoms with Crippen molar-refractivity contribution in [3.8, 4) is 0 Å². The Hall–Kier alpha value is -3.67. The van der Waals surface area contributed by atoms with Crippen LogP contribution in [0.1, 0.15) is 39.2 Å². The third-order valence-corrected chi connectivity index (χ3v) is 5.25. The molecule has 0 heterocycles. The van der Waals surface area contributed by atoms with Gasteiger partial charge in [0, 0.05) is 13.0 Å². The molecule has 0 radical (unpaired) electrons. The van der Waals surface area contributed by atoms with Gasteiger partial charge < -0.3 is 38.3 Å². The second-order valence-electron chi connectivity index (χ2n) is 8.60. The van der Waals surface area contributed by atoms with Crippen LogP contribution in [0.15, 0.2) is 35.3 Å². The monoisotopic (exact) mass is 491 g/mol. The number of carboxylic acids is 1. The van der Waals surface area contributed by atoms with Crippen molar-refractivity contribution in [3.05, 3.63) is 35.9 Å². The summed E-state index contributed by atoms with van der Waals surface area (Å²) in [6, 6.07) is 5.03. The van der Waals surface area contributed by atoms with Crippen molar-refractivity contribution >= 4 is 29.7 Å². The van der Waals surface area contributed by atoms with E-state index in [0.29, 0.717) is 6.42 Å². The van der Waals surface area contributed by atoms with Gasteiger partial charge in [0.2, 0.25) is 17.7 Å². The normalized spacial score (nSPS) is 14.2. The van der Waals surface area contributed by atoms with Gasteiger partial charge in [-0.15, -0.1) is 0 Å². The van der Waals surface area contributed by atoms with Crippen LogP contribution in [0.3, 0.4) is 0 Å². The fourth-order valence-electron chi connectivity index (χ4n) is 3.07. The first-order chi connectivity index (χ1) is 16.4. The Kier molecular flexibility index (Phi) is 12.2. The van der Waals surface area contributed by atoms with Crippen molar-refractivity contribution < 1.29 is 24.3 Å². The summed E-state index contributed by atoms with van der Waals surface area (Å²) < 4.78 is 0. The van der Waals surface area contributed by atoms with E-state index in [4.69, 9.17) is 17.2 Å². The Morgan fingerprint density at radius 3 is 2.06 bits per heavy atom. The molecule has 4 unspecified atom stereocenters. The molecular formula is C23H37N7O5. The van der Waals surface area contributed by atoms with Gasteiger partial charge in [-0.3, -0.25) is 19.4 Å². The molecular weight excluding hydrogens is 454 g/mol. The number of nitrogens with zero attached hydrogens (tertiary/aromatic N) is 1. The molecule has 0 aliphatic heterocycles. The Labute approximate surface area is 205 Å². The lowest BCUT2D eigenvalue weighted by Crippen LogP contribution is -2.57. The maximum absolute atomic E-state index is 13.0. The molecule has 4 atom stereocenters. The van der Waals surface area contributed by atoms with E-state index in [9.17, 15) is 24.3 Å². The lowest BCUT2D eigenvalue weighted by Gasteiger charge is -2.24. The molecule has 10 N–H and O–H groups in total. The highest BCUT2D eigenvalue weighted by molar-refractivity contribution is 5.94. The summed E-state index contributed by atoms with van der Waals surface area (Å²) in [7, 11) is 0. The molecule has 0 aliphatic rings. The van der Waals surface area contributed by atoms with Crippen LogP contribution in [0.25, 0.3) is 0 Å². The largest absolute Gasteiger partial charge is 0.480 e. The molecule has 0 aromatic heterocycles. The lowest BCUT2D eigenvalue weighted by molar-refractivity contribution is -0.142. The molecule has 1 aromatic rings. The van der Waals surface area contributed by atoms with Gasteiger partial charge in [-0.05, 0) is 31.2 Å². The van der Waals surface area contributed by atoms with Gasteiger partial charge >= 0.3 is 5.97 Å². The number of carboxylic acid groups (broad SMARTS) is 1. The van der Waals surface area contributed by atoms with Crippen molar-refractivity contribution in [2.75, 3.05) is 6.54 Å². The van der Waals surface area contributed by atoms with Crippen LogP contribution in [0.4, 0.5) is 0 Å². The number of carbonyl (C=O) groups excluding carboxylic acids is 3. The third-order valence-electron chi connectivity index (χ3n) is 5.25. The Morgan fingerprint density at radius 1 is 0.914 bits per heavy atom. The summed E-state index contributed by atoms with van der Waals surface area (Å²) in [6.07, 6.45) is 0.607. The first kappa shape index (κ1) is 29.4. The minimum absolute atomic E-state index is 0.0955. The Morgan fingerprint density at radius 2 is 1.51 bits per heavy atom. The van der Waals surface area contributed by atoms with Gasteiger partial charge in [-0.2, -0.15) is 0 Å². The van der Waals surface area contributed by atoms with E-state index in [-0.39, 0.29) is 31.3 Å². The fourth-order valence-corrected chi connectivity index (χ4v) is 3.07. The smallest absolute Gasteiger partial charge is 0.326 e. The molecule has 1 aromatic carbocycles. The van der Waals surface area contributed by atoms with Crippen molar-refractivity contribution in [3.63, 3.8) is 0 Å². The molecule has 0 spiro atoms. The highest BCUT2D eigenvalue weighted by Crippen LogP contribution is 2.06. The standard InChI is InChI=1S/C23H37N7O5/c1-13(2)18(24)21(33)30-17(12-15-8-5-4-6-9-15)20(32)28-14(3)19(31)29-16(22(34)35)10-7-11-27-23(25)26/h4-6,8-9,13-14,16-18H,7,10-12,24H2,1-3H3,(H,28,32)(H,29,31)(H,30,33)(H,34,35)(H4,25,26,27). The number of carbonyl (C=O) groups is 4. The number of aliphatic carboxylic acids is 1. The molecule has 1 rings (SSSR count). The quantitative estimate of drug-likeness (QED) is 0.0953. The van der Waals surface area contributed by atoms with Gasteiger partial charge in [0.05, 0.1) is 6.04 Å². The molecule has 0 saturated heterocycles. The van der Waals surface area contributed by atoms with Crippen LogP contribution < -0.4 is 33.2 Å². The Balaban J connectivity index is 2.83. The number of amides is 3. The molecule has 0 fully saturated rings. The van der Waals surface area contributed by atoms with Crippen LogP contribution in [-0.4, -0.2) is 65.5 Å². The van der Waals surface area contributed by atoms with Crippen LogP contribution >= 0.6 is 0 Å². The zero-order valence-corrected chi connectivity index (χ0v) is 20.4. The number of rotatable bonds is 14. The van der Waals surface area contributed by atoms with Gasteiger partial charge in [-0.25, -0.2) is 4.79 Å². The van der Waals surface area contributed by atoms with E-state index in [2.05, 4.69) is 20.9 Å². The van der Waals surface area contributed by atoms with E-state index in [1.807, 2.05) is 18.2 Å². The molecule has 194 valence electrons. The predicted molar refractivity (Wildman–Crippen MR) is 132 cm³/mol. The van der Waals surface area contributed by atoms with Crippen molar-refractivity contribution in [1.82, 2.24) is 16.0 Å². The number of guanidine groups is 1. The zero-order chi connectivity index (χ0) is 26.5. The molecule has 0 aliphatic carbocycles. The van der Waals surface area contributed by atoms with E-state index < -0.39 is 47.9 Å². The summed E-state index contributed by atoms with van der Waals surface area (Å²) >= 11 is 0. The van der Waals surface area contributed by atoms with Crippen molar-refractivity contribution in [2.24, 2.45) is 28.1 Å². The molecule has 3 amide bonds. The van der Waals surface area contributed by atoms with E-state index in [0.717, 1.165) is 5.56 Å². The van der Waals surface area contributed by atoms with Crippen LogP contribution in [0.2, 0.25) is 0 Å². The molecule has 0 bridgehead atoms. The van der Waals surface area contributed by atoms with Gasteiger partial charge in [-0.1, -0.05) is 44.2 Å². The van der Waals surface area contributed by atoms with Gasteiger partial charge in [0.15, 0.2) is 5.96 Å². The van der Waals surface area contributed by atoms with E-state index in [1.165, 1.54) is 6.92 Å². The van der Waals surface area contributed by atoms with Crippen molar-refractivity contribution in [1.29, 1.82) is 0 Å². The number of benzene rings is 1. The number of hydrogen-bond donors (Lipinski definition) is 7. The average molecular weight is 492 g/mol. The topological polar surface area (TPSA) is 215 Å². The summed E-state index contributed by atoms with van der Waals surface area (Å²) in [5.74, 6) is -3.24. The van der Waals surface area contributed by atoms with Crippen LogP contribution in [0, 0.1) is 5.92 Å². The average Bonchev–Trinajstić information content (AvgIpc) is 2.79. The predicted octanol–water partition coefficient (Wildman–Crippen LogP) is -1.18. The maximum atomic E-state index is 13.0. The number of hydrogen-bond acceptors (Lipinski definition) is 6. The van der Waals surface area contributed by atoms with Crippen LogP contribution in [0.5, 0.6) is 0 Å². The second-order valence-corrected chi connectivity index (χ2v) is 8.60. The van der Waals surface area contributed by atoms with Gasteiger partial charge in [0.25, 0.3) is 0 Å². The van der Waals surface area contributed by atoms with Crippen molar-refractivity contribution in [2.45, 2.75) is 64.2 Å². The first-order valence-electron chi connectivity index (χ1n) is 11.4. The number of nitrogens with one attached hydrogen (secondary N) is 3. The zero-order valence-electron chi connectivity index (χ0n) is 20.4. The summed E-state index contributed by atoms with van der Waals surface area (Å²) in [5, 5.41) is 17.0. The molecule has 0 saturated carbocycles. The third kappa shape index (κ3) is 10.9. The van der Waals surface area contributed by atoms with E-state index in [1.54, 1.807) is 26.0 Å². The fraction of sp³-hybridized carbons (Fsp3) is 0.522. The molecule has 35 heavy (non-hydrogen) atoms. The SMILES string of the molecule is CC(NC(=O)C(Cc1ccccc1)NC(=O)C(N)C(C)C)C(=O)NC(CCCN=C(N)N)C(=O)O. The minimum Gasteiger partial charge on any atom is -0.480 e. The highest BCUT2D eigenvalue weighted by Gasteiger charge is 2.29. The molecule has 12 heteroatoms. The van der Waals surface area contributed by atoms with Gasteiger partial charge in [0.1, 0.15) is 18.1 Å². The summed E-state index contributed by atoms with van der Waals surface area (Å²) in [5.41, 5.74) is 17.2. The second kappa shape index (κ2) is 14.6. The maximum Gasteiger partial charge on any atom is 0.326 e. The molecule has 12 nitrogen and oxygen atoms in total. The number of nitrogens with two attached hydrogens (primary N) is 3. The number of aliphatic imine (C=N–C) groups is 1. The summed E-state index contributed by atoms with van der Waals surface area (Å²) in [4.78, 5) is 53.4. The lowest BCUT2D eigenvalue weighted by atomic mass is 10.0. The Bertz CT molecular complexity index is 888. The minimum atomic E-state index is -1.22.